The lowest BCUT2D eigenvalue weighted by Crippen LogP contribution is -2.28. The third kappa shape index (κ3) is 5.11. The molecule has 0 amide bonds. The normalized spacial score (nSPS) is 10.8. The van der Waals surface area contributed by atoms with Crippen LogP contribution in [0.4, 0.5) is 0 Å². The van der Waals surface area contributed by atoms with Crippen LogP contribution in [0.5, 0.6) is 11.5 Å². The van der Waals surface area contributed by atoms with E-state index in [1.165, 1.54) is 6.08 Å². The maximum Gasteiger partial charge on any atom is 0.352 e. The summed E-state index contributed by atoms with van der Waals surface area (Å²) in [5.41, 5.74) is 1.47. The number of esters is 1. The Hall–Kier alpha value is -3.28. The van der Waals surface area contributed by atoms with Crippen molar-refractivity contribution in [3.8, 4) is 23.6 Å². The van der Waals surface area contributed by atoms with Gasteiger partial charge in [0, 0.05) is 5.02 Å². The molecule has 0 saturated heterocycles. The number of benzene rings is 2. The summed E-state index contributed by atoms with van der Waals surface area (Å²) in [4.78, 5) is 12.2. The molecular formula is C20H15ClN2O3. The van der Waals surface area contributed by atoms with Crippen LogP contribution in [-0.2, 0) is 4.79 Å². The largest absolute Gasteiger partial charge is 0.479 e. The van der Waals surface area contributed by atoms with Gasteiger partial charge in [-0.3, -0.25) is 0 Å². The van der Waals surface area contributed by atoms with Gasteiger partial charge >= 0.3 is 5.97 Å². The van der Waals surface area contributed by atoms with Crippen LogP contribution in [0.1, 0.15) is 18.1 Å². The Balaban J connectivity index is 2.02. The van der Waals surface area contributed by atoms with Crippen LogP contribution in [0.3, 0.4) is 0 Å². The Labute approximate surface area is 156 Å². The second-order valence-corrected chi connectivity index (χ2v) is 5.88. The lowest BCUT2D eigenvalue weighted by molar-refractivity contribution is -0.141. The monoisotopic (exact) mass is 366 g/mol. The molecule has 2 aromatic rings. The van der Waals surface area contributed by atoms with Gasteiger partial charge in [-0.25, -0.2) is 4.79 Å². The standard InChI is InChI=1S/C20H15ClN2O3/c1-13-9-17(21)5-8-19(13)25-14(2)20(24)26-18-6-3-15(4-7-18)10-16(11-22)12-23/h3-10,14H,1-2H3. The highest BCUT2D eigenvalue weighted by Gasteiger charge is 2.18. The van der Waals surface area contributed by atoms with E-state index in [1.54, 1.807) is 61.5 Å². The first-order valence-corrected chi connectivity index (χ1v) is 8.07. The van der Waals surface area contributed by atoms with Crippen LogP contribution in [0, 0.1) is 29.6 Å². The SMILES string of the molecule is Cc1cc(Cl)ccc1OC(C)C(=O)Oc1ccc(C=C(C#N)C#N)cc1. The van der Waals surface area contributed by atoms with Gasteiger partial charge in [0.1, 0.15) is 29.2 Å². The molecule has 2 aromatic carbocycles. The second-order valence-electron chi connectivity index (χ2n) is 5.44. The zero-order valence-corrected chi connectivity index (χ0v) is 14.9. The Kier molecular flexibility index (Phi) is 6.38. The molecule has 5 nitrogen and oxygen atoms in total. The highest BCUT2D eigenvalue weighted by molar-refractivity contribution is 6.30. The van der Waals surface area contributed by atoms with E-state index in [0.717, 1.165) is 5.56 Å². The molecule has 0 bridgehead atoms. The smallest absolute Gasteiger partial charge is 0.352 e. The molecule has 0 saturated carbocycles. The topological polar surface area (TPSA) is 83.1 Å². The molecule has 0 aliphatic heterocycles. The minimum Gasteiger partial charge on any atom is -0.479 e. The maximum absolute atomic E-state index is 12.2. The number of hydrogen-bond acceptors (Lipinski definition) is 5. The zero-order chi connectivity index (χ0) is 19.1. The van der Waals surface area contributed by atoms with Crippen LogP contribution >= 0.6 is 11.6 Å². The van der Waals surface area contributed by atoms with Crippen molar-refractivity contribution in [1.82, 2.24) is 0 Å². The van der Waals surface area contributed by atoms with Crippen LogP contribution in [-0.4, -0.2) is 12.1 Å². The summed E-state index contributed by atoms with van der Waals surface area (Å²) >= 11 is 5.90. The number of aryl methyl sites for hydroxylation is 1. The molecule has 0 aromatic heterocycles. The summed E-state index contributed by atoms with van der Waals surface area (Å²) in [5, 5.41) is 18.1. The fourth-order valence-electron chi connectivity index (χ4n) is 2.07. The Morgan fingerprint density at radius 3 is 2.38 bits per heavy atom. The van der Waals surface area contributed by atoms with E-state index in [0.29, 0.717) is 22.1 Å². The van der Waals surface area contributed by atoms with E-state index in [2.05, 4.69) is 0 Å². The van der Waals surface area contributed by atoms with Gasteiger partial charge in [0.05, 0.1) is 0 Å². The summed E-state index contributed by atoms with van der Waals surface area (Å²) in [5.74, 6) is 0.350. The van der Waals surface area contributed by atoms with Crippen molar-refractivity contribution >= 4 is 23.6 Å². The Morgan fingerprint density at radius 1 is 1.15 bits per heavy atom. The second kappa shape index (κ2) is 8.71. The number of hydrogen-bond donors (Lipinski definition) is 0. The van der Waals surface area contributed by atoms with Gasteiger partial charge in [-0.2, -0.15) is 10.5 Å². The molecule has 2 rings (SSSR count). The van der Waals surface area contributed by atoms with Crippen LogP contribution in [0.25, 0.3) is 6.08 Å². The number of ether oxygens (including phenoxy) is 2. The minimum absolute atomic E-state index is 0.00454. The predicted molar refractivity (Wildman–Crippen MR) is 97.6 cm³/mol. The van der Waals surface area contributed by atoms with Crippen molar-refractivity contribution in [2.24, 2.45) is 0 Å². The van der Waals surface area contributed by atoms with Crippen molar-refractivity contribution in [1.29, 1.82) is 10.5 Å². The van der Waals surface area contributed by atoms with Crippen molar-refractivity contribution in [2.45, 2.75) is 20.0 Å². The fourth-order valence-corrected chi connectivity index (χ4v) is 2.30. The van der Waals surface area contributed by atoms with Gasteiger partial charge < -0.3 is 9.47 Å². The molecule has 26 heavy (non-hydrogen) atoms. The number of carbonyl (C=O) groups is 1. The molecular weight excluding hydrogens is 352 g/mol. The van der Waals surface area contributed by atoms with E-state index >= 15 is 0 Å². The van der Waals surface area contributed by atoms with E-state index in [9.17, 15) is 4.79 Å². The van der Waals surface area contributed by atoms with E-state index in [1.807, 2.05) is 6.92 Å². The quantitative estimate of drug-likeness (QED) is 0.443. The highest BCUT2D eigenvalue weighted by atomic mass is 35.5. The third-order valence-corrected chi connectivity index (χ3v) is 3.66. The van der Waals surface area contributed by atoms with Crippen LogP contribution < -0.4 is 9.47 Å². The van der Waals surface area contributed by atoms with Gasteiger partial charge in [-0.05, 0) is 61.4 Å². The number of halogens is 1. The summed E-state index contributed by atoms with van der Waals surface area (Å²) in [7, 11) is 0. The molecule has 1 unspecified atom stereocenters. The lowest BCUT2D eigenvalue weighted by atomic mass is 10.1. The third-order valence-electron chi connectivity index (χ3n) is 3.42. The van der Waals surface area contributed by atoms with E-state index < -0.39 is 12.1 Å². The van der Waals surface area contributed by atoms with Gasteiger partial charge in [-0.15, -0.1) is 0 Å². The van der Waals surface area contributed by atoms with E-state index in [-0.39, 0.29) is 5.57 Å². The average Bonchev–Trinajstić information content (AvgIpc) is 2.63. The van der Waals surface area contributed by atoms with Gasteiger partial charge in [0.15, 0.2) is 6.10 Å². The Morgan fingerprint density at radius 2 is 1.81 bits per heavy atom. The first kappa shape index (κ1) is 19.1. The molecule has 0 radical (unpaired) electrons. The molecule has 0 fully saturated rings. The minimum atomic E-state index is -0.807. The van der Waals surface area contributed by atoms with Crippen molar-refractivity contribution in [2.75, 3.05) is 0 Å². The molecule has 0 N–H and O–H groups in total. The van der Waals surface area contributed by atoms with Crippen molar-refractivity contribution in [3.05, 3.63) is 64.2 Å². The molecule has 0 heterocycles. The highest BCUT2D eigenvalue weighted by Crippen LogP contribution is 2.23. The maximum atomic E-state index is 12.2. The van der Waals surface area contributed by atoms with Gasteiger partial charge in [0.2, 0.25) is 0 Å². The summed E-state index contributed by atoms with van der Waals surface area (Å²) in [6.45, 7) is 3.43. The number of rotatable bonds is 5. The molecule has 0 aliphatic carbocycles. The molecule has 0 aliphatic rings. The summed E-state index contributed by atoms with van der Waals surface area (Å²) < 4.78 is 10.9. The van der Waals surface area contributed by atoms with Gasteiger partial charge in [-0.1, -0.05) is 23.7 Å². The summed E-state index contributed by atoms with van der Waals surface area (Å²) in [6.07, 6.45) is 0.638. The first-order chi connectivity index (χ1) is 12.4. The van der Waals surface area contributed by atoms with Crippen molar-refractivity contribution in [3.63, 3.8) is 0 Å². The Bertz CT molecular complexity index is 906. The van der Waals surface area contributed by atoms with Gasteiger partial charge in [0.25, 0.3) is 0 Å². The number of nitriles is 2. The first-order valence-electron chi connectivity index (χ1n) is 7.69. The zero-order valence-electron chi connectivity index (χ0n) is 14.2. The lowest BCUT2D eigenvalue weighted by Gasteiger charge is -2.15. The summed E-state index contributed by atoms with van der Waals surface area (Å²) in [6, 6.07) is 15.1. The number of allylic oxidation sites excluding steroid dienone is 1. The molecule has 6 heteroatoms. The molecule has 130 valence electrons. The van der Waals surface area contributed by atoms with E-state index in [4.69, 9.17) is 31.6 Å². The average molecular weight is 367 g/mol. The fraction of sp³-hybridized carbons (Fsp3) is 0.150. The molecule has 1 atom stereocenters. The molecule has 0 spiro atoms. The van der Waals surface area contributed by atoms with Crippen LogP contribution in [0.15, 0.2) is 48.0 Å². The number of carbonyl (C=O) groups excluding carboxylic acids is 1. The predicted octanol–water partition coefficient (Wildman–Crippen LogP) is 4.45. The number of nitrogens with zero attached hydrogens (tertiary/aromatic N) is 2. The van der Waals surface area contributed by atoms with Crippen molar-refractivity contribution < 1.29 is 14.3 Å². The van der Waals surface area contributed by atoms with Crippen LogP contribution in [0.2, 0.25) is 5.02 Å².